The molecule has 0 radical (unpaired) electrons. The zero-order valence-corrected chi connectivity index (χ0v) is 11.5. The van der Waals surface area contributed by atoms with Gasteiger partial charge in [-0.25, -0.2) is 9.98 Å². The van der Waals surface area contributed by atoms with Gasteiger partial charge in [-0.15, -0.1) is 0 Å². The molecular formula is C13H23N2OP. The van der Waals surface area contributed by atoms with Gasteiger partial charge in [0, 0.05) is 0 Å². The van der Waals surface area contributed by atoms with E-state index in [1.54, 1.807) is 9.12 Å². The molecule has 0 aromatic rings. The molecule has 0 saturated heterocycles. The average Bonchev–Trinajstić information content (AvgIpc) is 2.43. The molecule has 17 heavy (non-hydrogen) atoms. The molecule has 0 spiro atoms. The minimum absolute atomic E-state index is 0.533. The lowest BCUT2D eigenvalue weighted by Gasteiger charge is -2.17. The SMILES string of the molecule is C(=NC1CCCCC1)=NC1CCCCC1.O=P. The van der Waals surface area contributed by atoms with Crippen LogP contribution in [0, 0.1) is 0 Å². The van der Waals surface area contributed by atoms with E-state index < -0.39 is 0 Å². The topological polar surface area (TPSA) is 41.8 Å². The fourth-order valence-electron chi connectivity index (χ4n) is 2.62. The van der Waals surface area contributed by atoms with E-state index in [9.17, 15) is 0 Å². The monoisotopic (exact) mass is 254 g/mol. The average molecular weight is 254 g/mol. The van der Waals surface area contributed by atoms with Gasteiger partial charge in [0.25, 0.3) is 0 Å². The second-order valence-electron chi connectivity index (χ2n) is 4.94. The summed E-state index contributed by atoms with van der Waals surface area (Å²) >= 11 is 0. The van der Waals surface area contributed by atoms with Crippen molar-refractivity contribution >= 4 is 15.1 Å². The Kier molecular flexibility index (Phi) is 8.13. The Bertz CT molecular complexity index is 230. The summed E-state index contributed by atoms with van der Waals surface area (Å²) in [5.74, 6) is 0. The van der Waals surface area contributed by atoms with Gasteiger partial charge in [0.05, 0.1) is 18.1 Å². The van der Waals surface area contributed by atoms with Gasteiger partial charge in [-0.05, 0) is 25.7 Å². The zero-order valence-electron chi connectivity index (χ0n) is 10.5. The number of hydrogen-bond acceptors (Lipinski definition) is 3. The second kappa shape index (κ2) is 9.50. The molecule has 2 saturated carbocycles. The standard InChI is InChI=1S/C13H22N2.HOP/c1-3-7-12(8-4-1)14-11-15-13-9-5-2-6-10-13;1-2/h12-13H,1-10H2;2H. The number of hydrogen-bond donors (Lipinski definition) is 0. The Hall–Kier alpha value is -0.520. The van der Waals surface area contributed by atoms with Crippen molar-refractivity contribution in [2.45, 2.75) is 76.3 Å². The first kappa shape index (κ1) is 14.5. The van der Waals surface area contributed by atoms with Crippen LogP contribution in [-0.4, -0.2) is 18.1 Å². The highest BCUT2D eigenvalue weighted by molar-refractivity contribution is 7.00. The van der Waals surface area contributed by atoms with E-state index in [0.29, 0.717) is 12.1 Å². The van der Waals surface area contributed by atoms with Crippen LogP contribution in [0.25, 0.3) is 0 Å². The molecule has 0 bridgehead atoms. The summed E-state index contributed by atoms with van der Waals surface area (Å²) in [6.45, 7) is 0. The van der Waals surface area contributed by atoms with Crippen LogP contribution in [-0.2, 0) is 4.57 Å². The largest absolute Gasteiger partial charge is 0.279 e. The molecule has 0 N–H and O–H groups in total. The molecule has 0 aromatic carbocycles. The Morgan fingerprint density at radius 2 is 1.06 bits per heavy atom. The van der Waals surface area contributed by atoms with Gasteiger partial charge >= 0.3 is 0 Å². The van der Waals surface area contributed by atoms with Crippen LogP contribution in [0.3, 0.4) is 0 Å². The lowest BCUT2D eigenvalue weighted by atomic mass is 9.96. The fraction of sp³-hybridized carbons (Fsp3) is 0.923. The lowest BCUT2D eigenvalue weighted by Crippen LogP contribution is -2.10. The van der Waals surface area contributed by atoms with Crippen molar-refractivity contribution in [3.63, 3.8) is 0 Å². The van der Waals surface area contributed by atoms with Crippen molar-refractivity contribution in [2.75, 3.05) is 0 Å². The maximum Gasteiger partial charge on any atom is 0.138 e. The molecule has 2 aliphatic carbocycles. The molecule has 0 heterocycles. The van der Waals surface area contributed by atoms with E-state index in [4.69, 9.17) is 4.57 Å². The normalized spacial score (nSPS) is 21.9. The Balaban J connectivity index is 0.000000686. The lowest BCUT2D eigenvalue weighted by molar-refractivity contribution is 0.438. The molecule has 0 aromatic heterocycles. The molecular weight excluding hydrogens is 231 g/mol. The van der Waals surface area contributed by atoms with Crippen LogP contribution in [0.1, 0.15) is 64.2 Å². The molecule has 0 amide bonds. The van der Waals surface area contributed by atoms with E-state index in [2.05, 4.69) is 16.0 Å². The van der Waals surface area contributed by atoms with Crippen molar-refractivity contribution in [1.29, 1.82) is 0 Å². The third-order valence-electron chi connectivity index (χ3n) is 3.63. The van der Waals surface area contributed by atoms with Crippen LogP contribution in [0.15, 0.2) is 9.98 Å². The van der Waals surface area contributed by atoms with E-state index in [1.165, 1.54) is 64.2 Å². The summed E-state index contributed by atoms with van der Waals surface area (Å²) in [4.78, 5) is 8.92. The maximum atomic E-state index is 8.06. The summed E-state index contributed by atoms with van der Waals surface area (Å²) in [6.07, 6.45) is 13.2. The number of rotatable bonds is 2. The predicted octanol–water partition coefficient (Wildman–Crippen LogP) is 4.30. The molecule has 0 atom stereocenters. The van der Waals surface area contributed by atoms with Crippen molar-refractivity contribution in [3.05, 3.63) is 0 Å². The van der Waals surface area contributed by atoms with Gasteiger partial charge < -0.3 is 0 Å². The van der Waals surface area contributed by atoms with Crippen LogP contribution in [0.5, 0.6) is 0 Å². The van der Waals surface area contributed by atoms with Crippen LogP contribution in [0.4, 0.5) is 0 Å². The quantitative estimate of drug-likeness (QED) is 0.535. The van der Waals surface area contributed by atoms with Gasteiger partial charge in [0.2, 0.25) is 0 Å². The molecule has 4 heteroatoms. The Labute approximate surface area is 106 Å². The highest BCUT2D eigenvalue weighted by Gasteiger charge is 2.12. The minimum Gasteiger partial charge on any atom is -0.279 e. The number of nitrogens with zero attached hydrogens (tertiary/aromatic N) is 2. The van der Waals surface area contributed by atoms with Crippen molar-refractivity contribution in [3.8, 4) is 0 Å². The molecule has 96 valence electrons. The summed E-state index contributed by atoms with van der Waals surface area (Å²) < 4.78 is 8.06. The van der Waals surface area contributed by atoms with Gasteiger partial charge in [0.1, 0.15) is 9.12 Å². The summed E-state index contributed by atoms with van der Waals surface area (Å²) in [5, 5.41) is 0. The van der Waals surface area contributed by atoms with Gasteiger partial charge in [-0.2, -0.15) is 0 Å². The third-order valence-corrected chi connectivity index (χ3v) is 3.63. The highest BCUT2D eigenvalue weighted by atomic mass is 31.0. The first-order valence-corrected chi connectivity index (χ1v) is 7.21. The molecule has 0 aliphatic heterocycles. The zero-order chi connectivity index (χ0) is 12.3. The fourth-order valence-corrected chi connectivity index (χ4v) is 2.62. The van der Waals surface area contributed by atoms with Crippen molar-refractivity contribution in [1.82, 2.24) is 0 Å². The highest BCUT2D eigenvalue weighted by Crippen LogP contribution is 2.21. The molecule has 3 nitrogen and oxygen atoms in total. The molecule has 2 fully saturated rings. The number of aliphatic imine (C=N–C) groups is 2. The second-order valence-corrected chi connectivity index (χ2v) is 4.94. The van der Waals surface area contributed by atoms with E-state index in [-0.39, 0.29) is 0 Å². The van der Waals surface area contributed by atoms with E-state index in [0.717, 1.165) is 0 Å². The maximum absolute atomic E-state index is 8.06. The van der Waals surface area contributed by atoms with Gasteiger partial charge in [0.15, 0.2) is 0 Å². The van der Waals surface area contributed by atoms with Crippen LogP contribution in [0.2, 0.25) is 0 Å². The Morgan fingerprint density at radius 3 is 1.41 bits per heavy atom. The molecule has 2 aliphatic rings. The summed E-state index contributed by atoms with van der Waals surface area (Å²) in [5.41, 5.74) is 0. The first-order valence-electron chi connectivity index (χ1n) is 6.80. The van der Waals surface area contributed by atoms with Gasteiger partial charge in [-0.3, -0.25) is 4.57 Å². The van der Waals surface area contributed by atoms with Crippen LogP contribution >= 0.6 is 9.12 Å². The smallest absolute Gasteiger partial charge is 0.138 e. The van der Waals surface area contributed by atoms with Crippen molar-refractivity contribution < 1.29 is 4.57 Å². The first-order chi connectivity index (χ1) is 8.45. The van der Waals surface area contributed by atoms with Crippen molar-refractivity contribution in [2.24, 2.45) is 9.98 Å². The molecule has 2 rings (SSSR count). The summed E-state index contributed by atoms with van der Waals surface area (Å²) in [6, 6.07) is 4.04. The van der Waals surface area contributed by atoms with E-state index in [1.807, 2.05) is 0 Å². The molecule has 0 unspecified atom stereocenters. The third kappa shape index (κ3) is 6.10. The van der Waals surface area contributed by atoms with E-state index >= 15 is 0 Å². The minimum atomic E-state index is 0.533. The van der Waals surface area contributed by atoms with Crippen LogP contribution < -0.4 is 0 Å². The predicted molar refractivity (Wildman–Crippen MR) is 72.6 cm³/mol. The summed E-state index contributed by atoms with van der Waals surface area (Å²) in [7, 11) is 1.72. The van der Waals surface area contributed by atoms with Gasteiger partial charge in [-0.1, -0.05) is 38.5 Å². The Morgan fingerprint density at radius 1 is 0.706 bits per heavy atom.